The molecular formula is C12H15N3O4S2. The van der Waals surface area contributed by atoms with Crippen molar-refractivity contribution in [3.8, 4) is 0 Å². The molecule has 2 heterocycles. The molecule has 0 aromatic carbocycles. The highest BCUT2D eigenvalue weighted by Crippen LogP contribution is 2.34. The van der Waals surface area contributed by atoms with Crippen LogP contribution in [-0.2, 0) is 9.84 Å². The average Bonchev–Trinajstić information content (AvgIpc) is 2.73. The monoisotopic (exact) mass is 329 g/mol. The lowest BCUT2D eigenvalue weighted by atomic mass is 10.2. The topological polar surface area (TPSA) is 100 Å². The molecule has 0 saturated heterocycles. The Morgan fingerprint density at radius 1 is 1.43 bits per heavy atom. The molecule has 7 nitrogen and oxygen atoms in total. The van der Waals surface area contributed by atoms with Crippen LogP contribution in [0, 0.1) is 6.92 Å². The normalized spacial score (nSPS) is 11.8. The molecule has 2 aromatic heterocycles. The van der Waals surface area contributed by atoms with E-state index in [1.165, 1.54) is 12.6 Å². The Morgan fingerprint density at radius 3 is 2.67 bits per heavy atom. The highest BCUT2D eigenvalue weighted by atomic mass is 32.2. The van der Waals surface area contributed by atoms with E-state index in [0.29, 0.717) is 21.6 Å². The fourth-order valence-electron chi connectivity index (χ4n) is 1.96. The predicted octanol–water partition coefficient (Wildman–Crippen LogP) is 1.18. The molecule has 0 spiro atoms. The smallest absolute Gasteiger partial charge is 0.346 e. The summed E-state index contributed by atoms with van der Waals surface area (Å²) < 4.78 is 22.5. The third-order valence-electron chi connectivity index (χ3n) is 3.06. The average molecular weight is 329 g/mol. The fourth-order valence-corrected chi connectivity index (χ4v) is 3.54. The molecule has 0 aliphatic rings. The van der Waals surface area contributed by atoms with Crippen LogP contribution in [0.1, 0.15) is 15.2 Å². The molecule has 2 aromatic rings. The quantitative estimate of drug-likeness (QED) is 0.879. The first-order chi connectivity index (χ1) is 9.70. The van der Waals surface area contributed by atoms with Gasteiger partial charge in [-0.2, -0.15) is 0 Å². The predicted molar refractivity (Wildman–Crippen MR) is 82.1 cm³/mol. The van der Waals surface area contributed by atoms with E-state index in [2.05, 4.69) is 9.97 Å². The van der Waals surface area contributed by atoms with Gasteiger partial charge in [-0.05, 0) is 12.5 Å². The number of anilines is 1. The zero-order valence-electron chi connectivity index (χ0n) is 11.8. The molecule has 0 radical (unpaired) electrons. The molecule has 0 fully saturated rings. The van der Waals surface area contributed by atoms with Crippen molar-refractivity contribution in [1.82, 2.24) is 9.97 Å². The van der Waals surface area contributed by atoms with Crippen molar-refractivity contribution in [2.75, 3.05) is 30.5 Å². The summed E-state index contributed by atoms with van der Waals surface area (Å²) in [7, 11) is -1.35. The van der Waals surface area contributed by atoms with Crippen molar-refractivity contribution < 1.29 is 18.3 Å². The minimum Gasteiger partial charge on any atom is -0.477 e. The van der Waals surface area contributed by atoms with Gasteiger partial charge in [0.05, 0.1) is 11.1 Å². The number of aromatic nitrogens is 2. The Bertz CT molecular complexity index is 798. The molecule has 0 atom stereocenters. The van der Waals surface area contributed by atoms with Gasteiger partial charge in [0.25, 0.3) is 0 Å². The number of carbonyl (C=O) groups is 1. The standard InChI is InChI=1S/C12H15N3O4S2/c1-7-8-10(15(2)4-5-21(3,18)19)13-6-14-11(8)20-9(7)12(16)17/h6H,4-5H2,1-3H3,(H,16,17). The SMILES string of the molecule is Cc1c(C(=O)O)sc2ncnc(N(C)CCS(C)(=O)=O)c12. The van der Waals surface area contributed by atoms with Crippen molar-refractivity contribution in [2.45, 2.75) is 6.92 Å². The van der Waals surface area contributed by atoms with Crippen LogP contribution >= 0.6 is 11.3 Å². The van der Waals surface area contributed by atoms with Gasteiger partial charge in [0.2, 0.25) is 0 Å². The summed E-state index contributed by atoms with van der Waals surface area (Å²) in [6, 6.07) is 0. The molecule has 0 aliphatic heterocycles. The van der Waals surface area contributed by atoms with Crippen LogP contribution in [0.3, 0.4) is 0 Å². The number of aryl methyl sites for hydroxylation is 1. The van der Waals surface area contributed by atoms with Gasteiger partial charge in [-0.25, -0.2) is 23.2 Å². The van der Waals surface area contributed by atoms with Gasteiger partial charge in [0, 0.05) is 19.8 Å². The lowest BCUT2D eigenvalue weighted by Gasteiger charge is -2.18. The molecule has 1 N–H and O–H groups in total. The second-order valence-corrected chi connectivity index (χ2v) is 8.05. The summed E-state index contributed by atoms with van der Waals surface area (Å²) in [4.78, 5) is 22.0. The number of sulfone groups is 1. The van der Waals surface area contributed by atoms with E-state index in [0.717, 1.165) is 11.3 Å². The molecule has 2 rings (SSSR count). The van der Waals surface area contributed by atoms with Gasteiger partial charge < -0.3 is 10.0 Å². The largest absolute Gasteiger partial charge is 0.477 e. The van der Waals surface area contributed by atoms with E-state index in [-0.39, 0.29) is 17.2 Å². The lowest BCUT2D eigenvalue weighted by Crippen LogP contribution is -2.25. The molecule has 9 heteroatoms. The second-order valence-electron chi connectivity index (χ2n) is 4.79. The van der Waals surface area contributed by atoms with Gasteiger partial charge in [0.1, 0.15) is 31.7 Å². The van der Waals surface area contributed by atoms with Crippen molar-refractivity contribution in [1.29, 1.82) is 0 Å². The maximum atomic E-state index is 11.3. The summed E-state index contributed by atoms with van der Waals surface area (Å²) in [6.07, 6.45) is 2.53. The number of carboxylic acids is 1. The van der Waals surface area contributed by atoms with Crippen LogP contribution in [0.25, 0.3) is 10.2 Å². The second kappa shape index (κ2) is 5.57. The van der Waals surface area contributed by atoms with Crippen LogP contribution in [0.15, 0.2) is 6.33 Å². The van der Waals surface area contributed by atoms with E-state index < -0.39 is 15.8 Å². The van der Waals surface area contributed by atoms with Crippen LogP contribution in [0.2, 0.25) is 0 Å². The summed E-state index contributed by atoms with van der Waals surface area (Å²) in [5, 5.41) is 9.84. The third-order valence-corrected chi connectivity index (χ3v) is 5.17. The van der Waals surface area contributed by atoms with Crippen LogP contribution in [0.4, 0.5) is 5.82 Å². The zero-order valence-corrected chi connectivity index (χ0v) is 13.5. The summed E-state index contributed by atoms with van der Waals surface area (Å²) in [6.45, 7) is 1.99. The maximum absolute atomic E-state index is 11.3. The van der Waals surface area contributed by atoms with Gasteiger partial charge >= 0.3 is 5.97 Å². The summed E-state index contributed by atoms with van der Waals surface area (Å²) >= 11 is 1.09. The van der Waals surface area contributed by atoms with E-state index in [1.807, 2.05) is 0 Å². The van der Waals surface area contributed by atoms with Gasteiger partial charge in [0.15, 0.2) is 0 Å². The minimum absolute atomic E-state index is 0.00394. The van der Waals surface area contributed by atoms with Crippen molar-refractivity contribution in [3.05, 3.63) is 16.8 Å². The van der Waals surface area contributed by atoms with Crippen LogP contribution in [0.5, 0.6) is 0 Å². The first kappa shape index (κ1) is 15.6. The highest BCUT2D eigenvalue weighted by molar-refractivity contribution is 7.90. The molecule has 0 aliphatic carbocycles. The van der Waals surface area contributed by atoms with Gasteiger partial charge in [-0.3, -0.25) is 0 Å². The Kier molecular flexibility index (Phi) is 4.15. The number of fused-ring (bicyclic) bond motifs is 1. The van der Waals surface area contributed by atoms with Crippen LogP contribution < -0.4 is 4.90 Å². The third kappa shape index (κ3) is 3.30. The van der Waals surface area contributed by atoms with Crippen molar-refractivity contribution in [3.63, 3.8) is 0 Å². The first-order valence-corrected chi connectivity index (χ1v) is 8.94. The Labute approximate surface area is 126 Å². The molecule has 0 saturated carbocycles. The maximum Gasteiger partial charge on any atom is 0.346 e. The van der Waals surface area contributed by atoms with Gasteiger partial charge in [-0.1, -0.05) is 0 Å². The van der Waals surface area contributed by atoms with Crippen LogP contribution in [-0.4, -0.2) is 55.1 Å². The number of nitrogens with zero attached hydrogens (tertiary/aromatic N) is 3. The van der Waals surface area contributed by atoms with E-state index >= 15 is 0 Å². The number of thiophene rings is 1. The van der Waals surface area contributed by atoms with Crippen molar-refractivity contribution >= 4 is 43.2 Å². The number of aromatic carboxylic acids is 1. The van der Waals surface area contributed by atoms with E-state index in [4.69, 9.17) is 0 Å². The number of carboxylic acid groups (broad SMARTS) is 1. The molecular weight excluding hydrogens is 314 g/mol. The van der Waals surface area contributed by atoms with E-state index in [1.54, 1.807) is 18.9 Å². The Balaban J connectivity index is 2.47. The van der Waals surface area contributed by atoms with Gasteiger partial charge in [-0.15, -0.1) is 11.3 Å². The molecule has 0 unspecified atom stereocenters. The van der Waals surface area contributed by atoms with E-state index in [9.17, 15) is 18.3 Å². The first-order valence-electron chi connectivity index (χ1n) is 6.07. The number of rotatable bonds is 5. The molecule has 114 valence electrons. The summed E-state index contributed by atoms with van der Waals surface area (Å²) in [5.41, 5.74) is 0.601. The number of hydrogen-bond acceptors (Lipinski definition) is 7. The highest BCUT2D eigenvalue weighted by Gasteiger charge is 2.20. The lowest BCUT2D eigenvalue weighted by molar-refractivity contribution is 0.0701. The molecule has 21 heavy (non-hydrogen) atoms. The fraction of sp³-hybridized carbons (Fsp3) is 0.417. The minimum atomic E-state index is -3.08. The molecule has 0 amide bonds. The zero-order chi connectivity index (χ0) is 15.8. The number of hydrogen-bond donors (Lipinski definition) is 1. The Morgan fingerprint density at radius 2 is 2.10 bits per heavy atom. The summed E-state index contributed by atoms with van der Waals surface area (Å²) in [5.74, 6) is -0.450. The Hall–Kier alpha value is -1.74. The molecule has 0 bridgehead atoms. The van der Waals surface area contributed by atoms with Crippen molar-refractivity contribution in [2.24, 2.45) is 0 Å².